The molecule has 4 N–H and O–H groups in total. The maximum absolute atomic E-state index is 11.6. The van der Waals surface area contributed by atoms with Gasteiger partial charge in [-0.2, -0.15) is 5.48 Å². The van der Waals surface area contributed by atoms with Gasteiger partial charge in [0.25, 0.3) is 0 Å². The van der Waals surface area contributed by atoms with Gasteiger partial charge in [0.15, 0.2) is 0 Å². The van der Waals surface area contributed by atoms with E-state index in [9.17, 15) is 13.6 Å². The van der Waals surface area contributed by atoms with Crippen molar-refractivity contribution in [2.45, 2.75) is 39.2 Å². The molecule has 0 bridgehead atoms. The largest absolute Gasteiger partial charge is 0.358 e. The molecule has 2 aromatic rings. The highest BCUT2D eigenvalue weighted by molar-refractivity contribution is 7.88. The van der Waals surface area contributed by atoms with Gasteiger partial charge in [0.1, 0.15) is 0 Å². The van der Waals surface area contributed by atoms with E-state index in [2.05, 4.69) is 44.8 Å². The Morgan fingerprint density at radius 3 is 2.62 bits per heavy atom. The molecule has 0 saturated carbocycles. The fraction of sp³-hybridized carbons (Fsp3) is 0.375. The minimum absolute atomic E-state index is 0.00757. The van der Waals surface area contributed by atoms with Gasteiger partial charge in [-0.15, -0.1) is 0 Å². The normalized spacial score (nSPS) is 18.9. The Morgan fingerprint density at radius 1 is 1.19 bits per heavy atom. The number of hydrogen-bond acceptors (Lipinski definition) is 6. The van der Waals surface area contributed by atoms with E-state index in [0.717, 1.165) is 47.3 Å². The summed E-state index contributed by atoms with van der Waals surface area (Å²) in [5.74, 6) is 0. The molecule has 0 radical (unpaired) electrons. The average molecular weight is 455 g/mol. The van der Waals surface area contributed by atoms with Gasteiger partial charge in [-0.25, -0.2) is 13.1 Å². The first-order valence-electron chi connectivity index (χ1n) is 10.8. The predicted octanol–water partition coefficient (Wildman–Crippen LogP) is 3.37. The number of nitrogens with zero attached hydrogens (tertiary/aromatic N) is 1. The fourth-order valence-electron chi connectivity index (χ4n) is 4.39. The van der Waals surface area contributed by atoms with E-state index in [4.69, 9.17) is 0 Å². The van der Waals surface area contributed by atoms with Crippen molar-refractivity contribution in [2.24, 2.45) is 5.41 Å². The second kappa shape index (κ2) is 8.78. The second-order valence-electron chi connectivity index (χ2n) is 9.15. The molecule has 0 amide bonds. The van der Waals surface area contributed by atoms with Crippen molar-refractivity contribution in [3.63, 3.8) is 0 Å². The number of sulfonamides is 1. The molecule has 170 valence electrons. The lowest BCUT2D eigenvalue weighted by atomic mass is 9.84. The Balaban J connectivity index is 1.70. The third kappa shape index (κ3) is 4.78. The zero-order valence-electron chi connectivity index (χ0n) is 18.6. The number of allylic oxidation sites excluding steroid dienone is 2. The van der Waals surface area contributed by atoms with Crippen LogP contribution >= 0.6 is 0 Å². The molecular formula is C24H30N4O3S. The Labute approximate surface area is 189 Å². The Bertz CT molecular complexity index is 1170. The first kappa shape index (κ1) is 22.7. The molecule has 1 aromatic heterocycles. The van der Waals surface area contributed by atoms with Gasteiger partial charge in [-0.3, -0.25) is 4.98 Å². The Morgan fingerprint density at radius 2 is 1.94 bits per heavy atom. The van der Waals surface area contributed by atoms with Crippen LogP contribution in [0, 0.1) is 5.41 Å². The summed E-state index contributed by atoms with van der Waals surface area (Å²) in [5, 5.41) is 13.0. The third-order valence-corrected chi connectivity index (χ3v) is 6.94. The number of fused-ring (bicyclic) bond motifs is 1. The van der Waals surface area contributed by atoms with Crippen LogP contribution in [0.3, 0.4) is 0 Å². The standard InChI is InChI=1S/C24H30N4O3S/c1-24(2,15-26-32(3,30)31)22-9-7-20(23(27-22)16-10-12-25-13-11-16)18-4-6-19-17(14-18)5-8-21(19)28-29/h4,6,9-14,21,26-29H,5,7-8,15H2,1-3H3. The molecule has 4 rings (SSSR count). The van der Waals surface area contributed by atoms with Crippen LogP contribution in [-0.4, -0.2) is 31.4 Å². The van der Waals surface area contributed by atoms with Gasteiger partial charge >= 0.3 is 0 Å². The number of nitrogens with one attached hydrogen (secondary N) is 3. The zero-order valence-corrected chi connectivity index (χ0v) is 19.5. The topological polar surface area (TPSA) is 103 Å². The monoisotopic (exact) mass is 454 g/mol. The van der Waals surface area contributed by atoms with E-state index < -0.39 is 15.4 Å². The minimum Gasteiger partial charge on any atom is -0.358 e. The lowest BCUT2D eigenvalue weighted by molar-refractivity contribution is 0.126. The predicted molar refractivity (Wildman–Crippen MR) is 126 cm³/mol. The molecule has 1 aliphatic heterocycles. The number of aromatic nitrogens is 1. The smallest absolute Gasteiger partial charge is 0.208 e. The van der Waals surface area contributed by atoms with Gasteiger partial charge in [0, 0.05) is 41.3 Å². The van der Waals surface area contributed by atoms with Crippen molar-refractivity contribution < 1.29 is 13.6 Å². The molecule has 2 aliphatic rings. The molecule has 1 atom stereocenters. The molecule has 2 heterocycles. The highest BCUT2D eigenvalue weighted by Crippen LogP contribution is 2.39. The van der Waals surface area contributed by atoms with Crippen molar-refractivity contribution >= 4 is 21.3 Å². The summed E-state index contributed by atoms with van der Waals surface area (Å²) in [4.78, 5) is 4.15. The molecule has 0 fully saturated rings. The Hall–Kier alpha value is -2.52. The number of hydroxylamine groups is 1. The van der Waals surface area contributed by atoms with Crippen LogP contribution in [0.25, 0.3) is 11.3 Å². The number of rotatable bonds is 7. The highest BCUT2D eigenvalue weighted by atomic mass is 32.2. The van der Waals surface area contributed by atoms with E-state index in [1.165, 1.54) is 17.4 Å². The SMILES string of the molecule is CC(C)(CNS(C)(=O)=O)C1=CCC(c2ccc3c(c2)CCC3NO)=C(c2ccncc2)N1. The lowest BCUT2D eigenvalue weighted by Crippen LogP contribution is -2.39. The van der Waals surface area contributed by atoms with Gasteiger partial charge in [-0.05, 0) is 53.7 Å². The summed E-state index contributed by atoms with van der Waals surface area (Å²) >= 11 is 0. The zero-order chi connectivity index (χ0) is 22.9. The van der Waals surface area contributed by atoms with Crippen molar-refractivity contribution in [1.29, 1.82) is 0 Å². The van der Waals surface area contributed by atoms with Crippen LogP contribution in [-0.2, 0) is 16.4 Å². The molecular weight excluding hydrogens is 424 g/mol. The van der Waals surface area contributed by atoms with Gasteiger partial charge < -0.3 is 10.5 Å². The second-order valence-corrected chi connectivity index (χ2v) is 11.0. The molecule has 1 unspecified atom stereocenters. The summed E-state index contributed by atoms with van der Waals surface area (Å²) in [7, 11) is -3.28. The van der Waals surface area contributed by atoms with E-state index >= 15 is 0 Å². The summed E-state index contributed by atoms with van der Waals surface area (Å²) in [6, 6.07) is 10.4. The summed E-state index contributed by atoms with van der Waals surface area (Å²) in [6.07, 6.45) is 9.41. The fourth-order valence-corrected chi connectivity index (χ4v) is 5.01. The molecule has 7 nitrogen and oxygen atoms in total. The van der Waals surface area contributed by atoms with Crippen LogP contribution in [0.2, 0.25) is 0 Å². The maximum atomic E-state index is 11.6. The summed E-state index contributed by atoms with van der Waals surface area (Å²) < 4.78 is 25.9. The van der Waals surface area contributed by atoms with Gasteiger partial charge in [-0.1, -0.05) is 38.1 Å². The van der Waals surface area contributed by atoms with E-state index in [-0.39, 0.29) is 6.04 Å². The summed E-state index contributed by atoms with van der Waals surface area (Å²) in [5.41, 5.74) is 9.74. The number of pyridine rings is 1. The lowest BCUT2D eigenvalue weighted by Gasteiger charge is -2.34. The number of benzene rings is 1. The van der Waals surface area contributed by atoms with Crippen molar-refractivity contribution in [1.82, 2.24) is 20.5 Å². The van der Waals surface area contributed by atoms with Crippen LogP contribution in [0.4, 0.5) is 0 Å². The third-order valence-electron chi connectivity index (χ3n) is 6.27. The summed E-state index contributed by atoms with van der Waals surface area (Å²) in [6.45, 7) is 4.35. The quantitative estimate of drug-likeness (QED) is 0.479. The van der Waals surface area contributed by atoms with Crippen LogP contribution in [0.1, 0.15) is 55.0 Å². The first-order chi connectivity index (χ1) is 15.2. The van der Waals surface area contributed by atoms with Crippen LogP contribution in [0.5, 0.6) is 0 Å². The molecule has 1 aliphatic carbocycles. The Kier molecular flexibility index (Phi) is 6.22. The van der Waals surface area contributed by atoms with Crippen molar-refractivity contribution in [3.8, 4) is 0 Å². The number of aryl methyl sites for hydroxylation is 1. The average Bonchev–Trinajstić information content (AvgIpc) is 3.20. The number of hydrogen-bond donors (Lipinski definition) is 4. The minimum atomic E-state index is -3.28. The van der Waals surface area contributed by atoms with Crippen molar-refractivity contribution in [2.75, 3.05) is 12.8 Å². The molecule has 0 saturated heterocycles. The highest BCUT2D eigenvalue weighted by Gasteiger charge is 2.29. The van der Waals surface area contributed by atoms with Gasteiger partial charge in [0.2, 0.25) is 10.0 Å². The van der Waals surface area contributed by atoms with E-state index in [0.29, 0.717) is 6.54 Å². The van der Waals surface area contributed by atoms with E-state index in [1.807, 2.05) is 26.0 Å². The maximum Gasteiger partial charge on any atom is 0.208 e. The molecule has 32 heavy (non-hydrogen) atoms. The van der Waals surface area contributed by atoms with Gasteiger partial charge in [0.05, 0.1) is 12.3 Å². The molecule has 0 spiro atoms. The first-order valence-corrected chi connectivity index (χ1v) is 12.7. The molecule has 1 aromatic carbocycles. The molecule has 8 heteroatoms. The van der Waals surface area contributed by atoms with Crippen molar-refractivity contribution in [3.05, 3.63) is 76.8 Å². The van der Waals surface area contributed by atoms with E-state index in [1.54, 1.807) is 12.4 Å². The van der Waals surface area contributed by atoms with Crippen LogP contribution in [0.15, 0.2) is 54.5 Å². The van der Waals surface area contributed by atoms with Crippen LogP contribution < -0.4 is 15.5 Å². The number of dihydropyridines is 1.